The van der Waals surface area contributed by atoms with E-state index >= 15 is 0 Å². The summed E-state index contributed by atoms with van der Waals surface area (Å²) in [6.45, 7) is 12.2. The van der Waals surface area contributed by atoms with Gasteiger partial charge < -0.3 is 4.90 Å². The molecule has 0 rings (SSSR count). The fraction of sp³-hybridized carbons (Fsp3) is 0.444. The van der Waals surface area contributed by atoms with Crippen molar-refractivity contribution in [2.75, 3.05) is 13.6 Å². The van der Waals surface area contributed by atoms with Crippen molar-refractivity contribution in [1.82, 2.24) is 4.90 Å². The molecule has 0 saturated carbocycles. The first kappa shape index (κ1) is 9.95. The molecule has 62 valence electrons. The standard InChI is InChI=1S/C9H16N2/c1-6-10-9(8(3)4)11(5)7-2/h7H,2-3,6H2,1,4-5H3. The van der Waals surface area contributed by atoms with Crippen molar-refractivity contribution in [3.05, 3.63) is 24.9 Å². The smallest absolute Gasteiger partial charge is 0.129 e. The van der Waals surface area contributed by atoms with Crippen LogP contribution in [0.5, 0.6) is 0 Å². The molecule has 2 nitrogen and oxygen atoms in total. The zero-order chi connectivity index (χ0) is 8.85. The molecule has 0 atom stereocenters. The van der Waals surface area contributed by atoms with Crippen molar-refractivity contribution < 1.29 is 0 Å². The van der Waals surface area contributed by atoms with Crippen molar-refractivity contribution >= 4 is 5.84 Å². The van der Waals surface area contributed by atoms with E-state index in [1.807, 2.05) is 25.8 Å². The van der Waals surface area contributed by atoms with Crippen LogP contribution in [0.4, 0.5) is 0 Å². The fourth-order valence-corrected chi connectivity index (χ4v) is 0.784. The average molecular weight is 152 g/mol. The third kappa shape index (κ3) is 3.03. The number of hydrogen-bond acceptors (Lipinski definition) is 1. The van der Waals surface area contributed by atoms with E-state index in [0.29, 0.717) is 0 Å². The third-order valence-electron chi connectivity index (χ3n) is 1.30. The van der Waals surface area contributed by atoms with Crippen molar-refractivity contribution in [3.8, 4) is 0 Å². The van der Waals surface area contributed by atoms with Crippen LogP contribution < -0.4 is 0 Å². The van der Waals surface area contributed by atoms with Crippen molar-refractivity contribution in [3.63, 3.8) is 0 Å². The molecular formula is C9H16N2. The Morgan fingerprint density at radius 1 is 1.64 bits per heavy atom. The van der Waals surface area contributed by atoms with Crippen LogP contribution in [0.15, 0.2) is 29.9 Å². The van der Waals surface area contributed by atoms with E-state index in [1.54, 1.807) is 6.20 Å². The maximum Gasteiger partial charge on any atom is 0.129 e. The summed E-state index contributed by atoms with van der Waals surface area (Å²) in [5.41, 5.74) is 0.967. The lowest BCUT2D eigenvalue weighted by Gasteiger charge is -2.15. The van der Waals surface area contributed by atoms with Crippen LogP contribution in [0.2, 0.25) is 0 Å². The molecule has 11 heavy (non-hydrogen) atoms. The summed E-state index contributed by atoms with van der Waals surface area (Å²) in [6, 6.07) is 0. The quantitative estimate of drug-likeness (QED) is 0.446. The zero-order valence-corrected chi connectivity index (χ0v) is 7.59. The Bertz CT molecular complexity index is 180. The van der Waals surface area contributed by atoms with Gasteiger partial charge in [0.25, 0.3) is 0 Å². The monoisotopic (exact) mass is 152 g/mol. The van der Waals surface area contributed by atoms with Gasteiger partial charge in [-0.15, -0.1) is 0 Å². The van der Waals surface area contributed by atoms with Gasteiger partial charge in [-0.3, -0.25) is 4.99 Å². The van der Waals surface area contributed by atoms with Crippen molar-refractivity contribution in [1.29, 1.82) is 0 Å². The maximum atomic E-state index is 4.27. The molecule has 2 heteroatoms. The number of amidine groups is 1. The van der Waals surface area contributed by atoms with Gasteiger partial charge in [0.05, 0.1) is 0 Å². The summed E-state index contributed by atoms with van der Waals surface area (Å²) >= 11 is 0. The van der Waals surface area contributed by atoms with Crippen LogP contribution >= 0.6 is 0 Å². The largest absolute Gasteiger partial charge is 0.337 e. The first-order valence-electron chi connectivity index (χ1n) is 3.69. The fourth-order valence-electron chi connectivity index (χ4n) is 0.784. The van der Waals surface area contributed by atoms with E-state index in [1.165, 1.54) is 0 Å². The molecule has 0 spiro atoms. The van der Waals surface area contributed by atoms with Gasteiger partial charge >= 0.3 is 0 Å². The van der Waals surface area contributed by atoms with Crippen LogP contribution in [0.25, 0.3) is 0 Å². The lowest BCUT2D eigenvalue weighted by Crippen LogP contribution is -2.21. The Morgan fingerprint density at radius 3 is 2.45 bits per heavy atom. The minimum atomic E-state index is 0.778. The van der Waals surface area contributed by atoms with Crippen LogP contribution in [-0.4, -0.2) is 24.3 Å². The minimum Gasteiger partial charge on any atom is -0.337 e. The molecule has 0 N–H and O–H groups in total. The van der Waals surface area contributed by atoms with E-state index in [4.69, 9.17) is 0 Å². The zero-order valence-electron chi connectivity index (χ0n) is 7.59. The summed E-state index contributed by atoms with van der Waals surface area (Å²) in [6.07, 6.45) is 1.73. The molecule has 0 aliphatic rings. The van der Waals surface area contributed by atoms with Crippen molar-refractivity contribution in [2.24, 2.45) is 4.99 Å². The van der Waals surface area contributed by atoms with Gasteiger partial charge in [-0.1, -0.05) is 13.2 Å². The molecule has 0 aromatic carbocycles. The van der Waals surface area contributed by atoms with Gasteiger partial charge in [-0.25, -0.2) is 0 Å². The normalized spacial score (nSPS) is 11.0. The molecule has 0 amide bonds. The Balaban J connectivity index is 4.46. The molecule has 0 heterocycles. The molecule has 0 aliphatic heterocycles. The number of likely N-dealkylation sites (N-methyl/N-ethyl adjacent to an activating group) is 1. The summed E-state index contributed by atoms with van der Waals surface area (Å²) in [5.74, 6) is 0.905. The number of aliphatic imine (C=N–C) groups is 1. The highest BCUT2D eigenvalue weighted by molar-refractivity contribution is 5.97. The third-order valence-corrected chi connectivity index (χ3v) is 1.30. The molecular weight excluding hydrogens is 136 g/mol. The Hall–Kier alpha value is -1.05. The second-order valence-electron chi connectivity index (χ2n) is 2.37. The molecule has 0 aromatic rings. The second kappa shape index (κ2) is 4.72. The predicted octanol–water partition coefficient (Wildman–Crippen LogP) is 2.06. The van der Waals surface area contributed by atoms with Crippen molar-refractivity contribution in [2.45, 2.75) is 13.8 Å². The van der Waals surface area contributed by atoms with E-state index < -0.39 is 0 Å². The van der Waals surface area contributed by atoms with E-state index in [-0.39, 0.29) is 0 Å². The molecule has 0 saturated heterocycles. The second-order valence-corrected chi connectivity index (χ2v) is 2.37. The maximum absolute atomic E-state index is 4.27. The molecule has 0 bridgehead atoms. The van der Waals surface area contributed by atoms with E-state index in [2.05, 4.69) is 18.2 Å². The van der Waals surface area contributed by atoms with Crippen LogP contribution in [0, 0.1) is 0 Å². The van der Waals surface area contributed by atoms with Gasteiger partial charge in [0, 0.05) is 13.6 Å². The first-order valence-corrected chi connectivity index (χ1v) is 3.69. The van der Waals surface area contributed by atoms with Gasteiger partial charge in [0.1, 0.15) is 5.84 Å². The predicted molar refractivity (Wildman–Crippen MR) is 50.8 cm³/mol. The Kier molecular flexibility index (Phi) is 4.27. The highest BCUT2D eigenvalue weighted by atomic mass is 15.1. The van der Waals surface area contributed by atoms with Crippen LogP contribution in [0.3, 0.4) is 0 Å². The lowest BCUT2D eigenvalue weighted by molar-refractivity contribution is 0.684. The van der Waals surface area contributed by atoms with E-state index in [0.717, 1.165) is 18.0 Å². The average Bonchev–Trinajstić information content (AvgIpc) is 1.98. The number of rotatable bonds is 3. The lowest BCUT2D eigenvalue weighted by atomic mass is 10.3. The number of hydrogen-bond donors (Lipinski definition) is 0. The topological polar surface area (TPSA) is 15.6 Å². The number of nitrogens with zero attached hydrogens (tertiary/aromatic N) is 2. The minimum absolute atomic E-state index is 0.778. The summed E-state index contributed by atoms with van der Waals surface area (Å²) in [5, 5.41) is 0. The van der Waals surface area contributed by atoms with Gasteiger partial charge in [0.15, 0.2) is 0 Å². The van der Waals surface area contributed by atoms with Gasteiger partial charge in [-0.05, 0) is 25.6 Å². The Morgan fingerprint density at radius 2 is 2.18 bits per heavy atom. The molecule has 0 unspecified atom stereocenters. The van der Waals surface area contributed by atoms with Crippen LogP contribution in [-0.2, 0) is 0 Å². The molecule has 0 radical (unpaired) electrons. The van der Waals surface area contributed by atoms with E-state index in [9.17, 15) is 0 Å². The highest BCUT2D eigenvalue weighted by Crippen LogP contribution is 1.98. The summed E-state index contributed by atoms with van der Waals surface area (Å²) in [4.78, 5) is 6.13. The molecule has 0 aliphatic carbocycles. The van der Waals surface area contributed by atoms with Gasteiger partial charge in [-0.2, -0.15) is 0 Å². The molecule has 0 aromatic heterocycles. The van der Waals surface area contributed by atoms with Gasteiger partial charge in [0.2, 0.25) is 0 Å². The Labute approximate surface area is 68.9 Å². The summed E-state index contributed by atoms with van der Waals surface area (Å²) < 4.78 is 0. The summed E-state index contributed by atoms with van der Waals surface area (Å²) in [7, 11) is 1.91. The highest BCUT2D eigenvalue weighted by Gasteiger charge is 2.01. The molecule has 0 fully saturated rings. The first-order chi connectivity index (χ1) is 5.13. The van der Waals surface area contributed by atoms with Crippen LogP contribution in [0.1, 0.15) is 13.8 Å². The SMILES string of the molecule is C=CN(C)C(=NCC)C(=C)C.